The first-order valence-corrected chi connectivity index (χ1v) is 35.9. The van der Waals surface area contributed by atoms with Crippen LogP contribution in [-0.2, 0) is 57.5 Å². The van der Waals surface area contributed by atoms with Crippen LogP contribution in [0.3, 0.4) is 0 Å². The van der Waals surface area contributed by atoms with Gasteiger partial charge in [-0.3, -0.25) is 91.9 Å². The maximum absolute atomic E-state index is 14.4. The zero-order valence-corrected chi connectivity index (χ0v) is 59.0. The molecule has 0 radical (unpaired) electrons. The lowest BCUT2D eigenvalue weighted by Crippen LogP contribution is -2.59. The summed E-state index contributed by atoms with van der Waals surface area (Å²) in [5, 5.41) is 90.4. The SMILES string of the molecule is C[C@H](CCC(=O)O)[C@H]1CC[C@H]2[C@@H]3CC[C@@H]4C[C@H](OC(=O)N5C[C@H](C(=O)NCCNC(=O)CN6CCN(CC(=O)O)CCN(CC(=O)O)CCN(CC(=O)O)CC6)[C@@H](C(=O)NCCNC(=O)CN6CCN(CC(=O)O)CCN(CC(=O)O)CCN(CC(=O)O)CC6)C5)CC[C@]4(C)[C@H]3C[C@H](O)[C@]12C. The van der Waals surface area contributed by atoms with Crippen LogP contribution in [0.2, 0.25) is 0 Å². The average Bonchev–Trinajstić information content (AvgIpc) is 1.69. The topological polar surface area (TPSA) is 453 Å². The molecule has 0 aromatic rings. The molecule has 0 spiro atoms. The van der Waals surface area contributed by atoms with Crippen LogP contribution in [0.1, 0.15) is 85.0 Å². The van der Waals surface area contributed by atoms with E-state index in [1.807, 2.05) is 0 Å². The summed E-state index contributed by atoms with van der Waals surface area (Å²) >= 11 is 0. The highest BCUT2D eigenvalue weighted by molar-refractivity contribution is 5.90. The van der Waals surface area contributed by atoms with Crippen LogP contribution in [-0.4, -0.2) is 365 Å². The minimum Gasteiger partial charge on any atom is -0.481 e. The minimum atomic E-state index is -1.10. The van der Waals surface area contributed by atoms with Crippen molar-refractivity contribution in [2.45, 2.75) is 97.2 Å². The van der Waals surface area contributed by atoms with E-state index in [1.165, 1.54) is 4.90 Å². The van der Waals surface area contributed by atoms with E-state index in [1.54, 1.807) is 39.2 Å². The van der Waals surface area contributed by atoms with Gasteiger partial charge in [-0.05, 0) is 104 Å². The molecule has 7 rings (SSSR count). The van der Waals surface area contributed by atoms with Crippen LogP contribution in [0.4, 0.5) is 4.79 Å². The molecule has 0 bridgehead atoms. The predicted octanol–water partition coefficient (Wildman–Crippen LogP) is -2.41. The van der Waals surface area contributed by atoms with Crippen LogP contribution in [0.25, 0.3) is 0 Å². The summed E-state index contributed by atoms with van der Waals surface area (Å²) in [6, 6.07) is 0. The molecule has 5 amide bonds. The number of carbonyl (C=O) groups is 12. The average molecular weight is 1430 g/mol. The second kappa shape index (κ2) is 38.6. The third kappa shape index (κ3) is 24.3. The highest BCUT2D eigenvalue weighted by Gasteiger charge is 2.64. The van der Waals surface area contributed by atoms with Gasteiger partial charge in [-0.2, -0.15) is 0 Å². The lowest BCUT2D eigenvalue weighted by atomic mass is 9.43. The molecule has 34 heteroatoms. The highest BCUT2D eigenvalue weighted by atomic mass is 16.6. The third-order valence-electron chi connectivity index (χ3n) is 23.1. The van der Waals surface area contributed by atoms with Gasteiger partial charge in [0.2, 0.25) is 23.6 Å². The van der Waals surface area contributed by atoms with Crippen LogP contribution in [0.5, 0.6) is 0 Å². The Labute approximate surface area is 589 Å². The summed E-state index contributed by atoms with van der Waals surface area (Å²) in [4.78, 5) is 167. The van der Waals surface area contributed by atoms with Gasteiger partial charge in [-0.15, -0.1) is 0 Å². The van der Waals surface area contributed by atoms with Crippen LogP contribution in [0.15, 0.2) is 0 Å². The van der Waals surface area contributed by atoms with Gasteiger partial charge >= 0.3 is 47.9 Å². The molecule has 7 aliphatic rings. The first-order chi connectivity index (χ1) is 47.9. The number of amides is 5. The molecule has 3 saturated heterocycles. The fourth-order valence-electron chi connectivity index (χ4n) is 17.6. The number of likely N-dealkylation sites (tertiary alicyclic amines) is 1. The van der Waals surface area contributed by atoms with Crippen molar-refractivity contribution < 1.29 is 103 Å². The third-order valence-corrected chi connectivity index (χ3v) is 23.1. The number of hydrogen-bond donors (Lipinski definition) is 12. The van der Waals surface area contributed by atoms with Crippen LogP contribution >= 0.6 is 0 Å². The van der Waals surface area contributed by atoms with E-state index < -0.39 is 95.6 Å². The molecule has 101 heavy (non-hydrogen) atoms. The Hall–Kier alpha value is -6.92. The van der Waals surface area contributed by atoms with E-state index in [-0.39, 0.29) is 237 Å². The lowest BCUT2D eigenvalue weighted by molar-refractivity contribution is -0.175. The van der Waals surface area contributed by atoms with Crippen molar-refractivity contribution >= 4 is 71.5 Å². The van der Waals surface area contributed by atoms with Crippen LogP contribution in [0, 0.1) is 58.2 Å². The number of aliphatic hydroxyl groups excluding tert-OH is 1. The molecule has 570 valence electrons. The van der Waals surface area contributed by atoms with Crippen molar-refractivity contribution in [2.24, 2.45) is 58.2 Å². The van der Waals surface area contributed by atoms with Crippen molar-refractivity contribution in [3.63, 3.8) is 0 Å². The fraction of sp³-hybridized carbons (Fsp3) is 0.821. The van der Waals surface area contributed by atoms with Crippen molar-refractivity contribution in [2.75, 3.05) is 196 Å². The van der Waals surface area contributed by atoms with E-state index >= 15 is 0 Å². The normalized spacial score (nSPS) is 29.5. The summed E-state index contributed by atoms with van der Waals surface area (Å²) in [6.45, 7) is 6.75. The van der Waals surface area contributed by atoms with E-state index in [0.29, 0.717) is 37.5 Å². The van der Waals surface area contributed by atoms with E-state index in [9.17, 15) is 98.4 Å². The van der Waals surface area contributed by atoms with Crippen molar-refractivity contribution in [3.05, 3.63) is 0 Å². The molecule has 4 saturated carbocycles. The standard InChI is InChI=1S/C67H111N13O21/c1-44(4-9-56(84)85)50-7-8-51-47-6-5-45-32-46(10-11-66(45,2)52(47)33-53(81)67(50,51)3)101-65(100)80-34-48(63(98)70-14-12-68-54(82)36-72-16-20-74(38-57(86)87)24-28-78(42-61(94)95)29-25-75(21-17-72)39-58(88)89)49(35-80)64(99)71-15-13-69-55(83)37-73-18-22-76(40-59(90)91)26-30-79(43-62(96)97)31-27-77(23-19-73)41-60(92)93/h44-53,81H,4-43H2,1-3H3,(H,68,82)(H,69,83)(H,70,98)(H,71,99)(H,84,85)(H,86,87)(H,88,89)(H,90,91)(H,92,93)(H,94,95)(H,96,97)/t44-,45-,46-,47+,48+,49+,50-,51+,52+,53+,66+,67-/m1/s1. The molecule has 0 unspecified atom stereocenters. The maximum atomic E-state index is 14.4. The molecule has 3 heterocycles. The van der Waals surface area contributed by atoms with Gasteiger partial charge in [-0.1, -0.05) is 20.8 Å². The van der Waals surface area contributed by atoms with Crippen LogP contribution < -0.4 is 21.3 Å². The Balaban J connectivity index is 0.974. The number of carboxylic acids is 7. The number of nitrogens with one attached hydrogen (secondary N) is 4. The van der Waals surface area contributed by atoms with E-state index in [0.717, 1.165) is 32.1 Å². The first kappa shape index (κ1) is 81.4. The van der Waals surface area contributed by atoms with Gasteiger partial charge in [0.05, 0.1) is 70.3 Å². The maximum Gasteiger partial charge on any atom is 0.410 e. The number of fused-ring (bicyclic) bond motifs is 5. The Morgan fingerprint density at radius 3 is 1.15 bits per heavy atom. The fourth-order valence-corrected chi connectivity index (χ4v) is 17.6. The number of ether oxygens (including phenoxy) is 1. The quantitative estimate of drug-likeness (QED) is 0.0347. The summed E-state index contributed by atoms with van der Waals surface area (Å²) < 4.78 is 6.30. The number of aliphatic carboxylic acids is 7. The van der Waals surface area contributed by atoms with Gasteiger partial charge < -0.3 is 71.8 Å². The Morgan fingerprint density at radius 2 is 0.792 bits per heavy atom. The molecular weight excluding hydrogens is 1320 g/mol. The Kier molecular flexibility index (Phi) is 31.1. The van der Waals surface area contributed by atoms with Gasteiger partial charge in [0.25, 0.3) is 0 Å². The number of carboxylic acid groups (broad SMARTS) is 7. The Morgan fingerprint density at radius 1 is 0.436 bits per heavy atom. The summed E-state index contributed by atoms with van der Waals surface area (Å²) in [5.41, 5.74) is -0.422. The summed E-state index contributed by atoms with van der Waals surface area (Å²) in [7, 11) is 0. The molecule has 4 aliphatic carbocycles. The zero-order valence-electron chi connectivity index (χ0n) is 59.0. The van der Waals surface area contributed by atoms with E-state index in [2.05, 4.69) is 42.0 Å². The van der Waals surface area contributed by atoms with Crippen molar-refractivity contribution in [3.8, 4) is 0 Å². The Bertz CT molecular complexity index is 2690. The largest absolute Gasteiger partial charge is 0.481 e. The number of nitrogens with zero attached hydrogens (tertiary/aromatic N) is 9. The number of carbonyl (C=O) groups excluding carboxylic acids is 5. The summed E-state index contributed by atoms with van der Waals surface area (Å²) in [5.74, 6) is -10.1. The van der Waals surface area contributed by atoms with Crippen molar-refractivity contribution in [1.29, 1.82) is 0 Å². The second-order valence-corrected chi connectivity index (χ2v) is 29.6. The van der Waals surface area contributed by atoms with Gasteiger partial charge in [0.15, 0.2) is 0 Å². The van der Waals surface area contributed by atoms with Gasteiger partial charge in [0, 0.05) is 150 Å². The number of aliphatic hydroxyl groups is 1. The molecule has 7 fully saturated rings. The highest BCUT2D eigenvalue weighted by Crippen LogP contribution is 2.68. The van der Waals surface area contributed by atoms with E-state index in [4.69, 9.17) is 4.74 Å². The molecule has 0 aromatic heterocycles. The molecular formula is C67H111N13O21. The molecule has 0 aromatic carbocycles. The van der Waals surface area contributed by atoms with Crippen molar-refractivity contribution in [1.82, 2.24) is 65.4 Å². The lowest BCUT2D eigenvalue weighted by Gasteiger charge is -2.62. The smallest absolute Gasteiger partial charge is 0.410 e. The molecule has 34 nitrogen and oxygen atoms in total. The minimum absolute atomic E-state index is 0.0638. The summed E-state index contributed by atoms with van der Waals surface area (Å²) in [6.07, 6.45) is 5.48. The number of rotatable bonds is 29. The first-order valence-electron chi connectivity index (χ1n) is 35.9. The monoisotopic (exact) mass is 1430 g/mol. The van der Waals surface area contributed by atoms with Gasteiger partial charge in [-0.25, -0.2) is 4.79 Å². The predicted molar refractivity (Wildman–Crippen MR) is 361 cm³/mol. The molecule has 12 N–H and O–H groups in total. The zero-order chi connectivity index (χ0) is 73.7. The molecule has 12 atom stereocenters. The molecule has 3 aliphatic heterocycles. The van der Waals surface area contributed by atoms with Gasteiger partial charge in [0.1, 0.15) is 6.10 Å². The second-order valence-electron chi connectivity index (χ2n) is 29.6. The number of hydrogen-bond acceptors (Lipinski definition) is 22.